The van der Waals surface area contributed by atoms with Crippen molar-refractivity contribution in [3.8, 4) is 0 Å². The lowest BCUT2D eigenvalue weighted by Crippen LogP contribution is -2.32. The van der Waals surface area contributed by atoms with E-state index < -0.39 is 6.04 Å². The van der Waals surface area contributed by atoms with Crippen LogP contribution in [-0.2, 0) is 4.79 Å². The van der Waals surface area contributed by atoms with Crippen molar-refractivity contribution < 1.29 is 4.79 Å². The van der Waals surface area contributed by atoms with Crippen LogP contribution in [0.4, 0.5) is 5.13 Å². The highest BCUT2D eigenvalue weighted by molar-refractivity contribution is 7.15. The first-order valence-electron chi connectivity index (χ1n) is 5.89. The van der Waals surface area contributed by atoms with Gasteiger partial charge in [-0.1, -0.05) is 0 Å². The number of anilines is 1. The van der Waals surface area contributed by atoms with E-state index in [0.29, 0.717) is 11.0 Å². The van der Waals surface area contributed by atoms with Crippen LogP contribution in [-0.4, -0.2) is 30.0 Å². The van der Waals surface area contributed by atoms with Gasteiger partial charge in [-0.3, -0.25) is 4.79 Å². The number of carbonyl (C=O) groups is 1. The van der Waals surface area contributed by atoms with E-state index in [2.05, 4.69) is 15.6 Å². The number of carbonyl (C=O) groups excluding carboxylic acids is 1. The van der Waals surface area contributed by atoms with Gasteiger partial charge in [0.2, 0.25) is 5.91 Å². The summed E-state index contributed by atoms with van der Waals surface area (Å²) in [5.41, 5.74) is 5.49. The minimum absolute atomic E-state index is 0.184. The third-order valence-corrected chi connectivity index (χ3v) is 3.98. The molecule has 1 aliphatic rings. The predicted octanol–water partition coefficient (Wildman–Crippen LogP) is 0.896. The normalized spacial score (nSPS) is 18.9. The Labute approximate surface area is 105 Å². The van der Waals surface area contributed by atoms with Crippen LogP contribution in [0.15, 0.2) is 6.20 Å². The lowest BCUT2D eigenvalue weighted by atomic mass is 9.97. The summed E-state index contributed by atoms with van der Waals surface area (Å²) < 4.78 is 0. The predicted molar refractivity (Wildman–Crippen MR) is 69.2 cm³/mol. The number of hydrogen-bond donors (Lipinski definition) is 3. The second-order valence-corrected chi connectivity index (χ2v) is 5.43. The summed E-state index contributed by atoms with van der Waals surface area (Å²) in [4.78, 5) is 16.9. The molecule has 0 saturated carbocycles. The highest BCUT2D eigenvalue weighted by atomic mass is 32.1. The van der Waals surface area contributed by atoms with Gasteiger partial charge in [0, 0.05) is 11.1 Å². The Morgan fingerprint density at radius 3 is 3.00 bits per heavy atom. The van der Waals surface area contributed by atoms with Crippen LogP contribution in [0.5, 0.6) is 0 Å². The van der Waals surface area contributed by atoms with Crippen molar-refractivity contribution in [1.82, 2.24) is 10.3 Å². The number of nitrogens with one attached hydrogen (secondary N) is 2. The zero-order chi connectivity index (χ0) is 12.3. The van der Waals surface area contributed by atoms with Crippen LogP contribution in [0.2, 0.25) is 0 Å². The van der Waals surface area contributed by atoms with Crippen LogP contribution >= 0.6 is 11.3 Å². The van der Waals surface area contributed by atoms with Crippen molar-refractivity contribution in [3.63, 3.8) is 0 Å². The minimum atomic E-state index is -0.499. The fraction of sp³-hybridized carbons (Fsp3) is 0.636. The van der Waals surface area contributed by atoms with E-state index in [1.807, 2.05) is 6.20 Å². The summed E-state index contributed by atoms with van der Waals surface area (Å²) in [6, 6.07) is -0.499. The fourth-order valence-corrected chi connectivity index (χ4v) is 2.85. The number of hydrogen-bond acceptors (Lipinski definition) is 5. The van der Waals surface area contributed by atoms with Crippen LogP contribution in [0.1, 0.15) is 30.6 Å². The van der Waals surface area contributed by atoms with Gasteiger partial charge in [-0.25, -0.2) is 4.98 Å². The second kappa shape index (κ2) is 5.57. The van der Waals surface area contributed by atoms with Crippen molar-refractivity contribution in [2.24, 2.45) is 5.73 Å². The summed E-state index contributed by atoms with van der Waals surface area (Å²) in [6.07, 6.45) is 4.16. The average molecular weight is 254 g/mol. The molecule has 5 nitrogen and oxygen atoms in total. The highest BCUT2D eigenvalue weighted by Gasteiger charge is 2.18. The molecule has 1 amide bonds. The van der Waals surface area contributed by atoms with Crippen molar-refractivity contribution in [2.45, 2.75) is 31.7 Å². The zero-order valence-corrected chi connectivity index (χ0v) is 10.7. The molecule has 1 atom stereocenters. The van der Waals surface area contributed by atoms with Gasteiger partial charge in [-0.15, -0.1) is 11.3 Å². The van der Waals surface area contributed by atoms with E-state index in [-0.39, 0.29) is 5.91 Å². The molecule has 2 rings (SSSR count). The number of nitrogens with zero attached hydrogens (tertiary/aromatic N) is 1. The molecule has 1 unspecified atom stereocenters. The molecule has 1 fully saturated rings. The molecule has 4 N–H and O–H groups in total. The maximum absolute atomic E-state index is 11.4. The van der Waals surface area contributed by atoms with Gasteiger partial charge in [-0.2, -0.15) is 0 Å². The molecule has 1 saturated heterocycles. The zero-order valence-electron chi connectivity index (χ0n) is 9.90. The Balaban J connectivity index is 1.97. The molecule has 0 aromatic carbocycles. The lowest BCUT2D eigenvalue weighted by Gasteiger charge is -2.20. The number of thiazole rings is 1. The molecule has 17 heavy (non-hydrogen) atoms. The van der Waals surface area contributed by atoms with Crippen molar-refractivity contribution in [2.75, 3.05) is 18.4 Å². The molecule has 0 spiro atoms. The Bertz CT molecular complexity index is 385. The number of nitrogens with two attached hydrogens (primary N) is 1. The maximum atomic E-state index is 11.4. The lowest BCUT2D eigenvalue weighted by molar-refractivity contribution is -0.117. The standard InChI is InChI=1S/C11H18N4OS/c1-7(12)10(16)15-11-14-6-9(17-11)8-2-4-13-5-3-8/h6-8,13H,2-5,12H2,1H3,(H,14,15,16). The summed E-state index contributed by atoms with van der Waals surface area (Å²) >= 11 is 1.56. The summed E-state index contributed by atoms with van der Waals surface area (Å²) in [7, 11) is 0. The third-order valence-electron chi connectivity index (χ3n) is 2.91. The highest BCUT2D eigenvalue weighted by Crippen LogP contribution is 2.31. The largest absolute Gasteiger partial charge is 0.320 e. The molecule has 0 bridgehead atoms. The first kappa shape index (κ1) is 12.5. The van der Waals surface area contributed by atoms with Crippen molar-refractivity contribution >= 4 is 22.4 Å². The molecule has 6 heteroatoms. The van der Waals surface area contributed by atoms with Gasteiger partial charge in [-0.05, 0) is 38.8 Å². The number of piperidine rings is 1. The monoisotopic (exact) mass is 254 g/mol. The molecule has 1 aromatic rings. The van der Waals surface area contributed by atoms with Crippen molar-refractivity contribution in [1.29, 1.82) is 0 Å². The van der Waals surface area contributed by atoms with Gasteiger partial charge in [0.15, 0.2) is 5.13 Å². The average Bonchev–Trinajstić information content (AvgIpc) is 2.78. The van der Waals surface area contributed by atoms with Gasteiger partial charge in [0.25, 0.3) is 0 Å². The van der Waals surface area contributed by atoms with Crippen molar-refractivity contribution in [3.05, 3.63) is 11.1 Å². The first-order chi connectivity index (χ1) is 8.16. The number of amides is 1. The molecular formula is C11H18N4OS. The number of rotatable bonds is 3. The second-order valence-electron chi connectivity index (χ2n) is 4.37. The Kier molecular flexibility index (Phi) is 4.09. The first-order valence-corrected chi connectivity index (χ1v) is 6.71. The molecule has 94 valence electrons. The Hall–Kier alpha value is -0.980. The Morgan fingerprint density at radius 1 is 1.65 bits per heavy atom. The van der Waals surface area contributed by atoms with Gasteiger partial charge >= 0.3 is 0 Å². The molecular weight excluding hydrogens is 236 g/mol. The van der Waals surface area contributed by atoms with Gasteiger partial charge in [0.1, 0.15) is 0 Å². The van der Waals surface area contributed by atoms with Gasteiger partial charge < -0.3 is 16.4 Å². The van der Waals surface area contributed by atoms with E-state index in [0.717, 1.165) is 25.9 Å². The van der Waals surface area contributed by atoms with E-state index in [1.165, 1.54) is 4.88 Å². The number of aromatic nitrogens is 1. The molecule has 0 aliphatic carbocycles. The Morgan fingerprint density at radius 2 is 2.35 bits per heavy atom. The van der Waals surface area contributed by atoms with Crippen LogP contribution in [0.3, 0.4) is 0 Å². The summed E-state index contributed by atoms with van der Waals surface area (Å²) in [5.74, 6) is 0.394. The van der Waals surface area contributed by atoms with Crippen LogP contribution in [0.25, 0.3) is 0 Å². The van der Waals surface area contributed by atoms with E-state index in [9.17, 15) is 4.79 Å². The van der Waals surface area contributed by atoms with E-state index >= 15 is 0 Å². The summed E-state index contributed by atoms with van der Waals surface area (Å²) in [5, 5.41) is 6.72. The fourth-order valence-electron chi connectivity index (χ4n) is 1.86. The maximum Gasteiger partial charge on any atom is 0.242 e. The third kappa shape index (κ3) is 3.24. The quantitative estimate of drug-likeness (QED) is 0.748. The smallest absolute Gasteiger partial charge is 0.242 e. The summed E-state index contributed by atoms with van der Waals surface area (Å²) in [6.45, 7) is 3.78. The minimum Gasteiger partial charge on any atom is -0.320 e. The molecule has 0 radical (unpaired) electrons. The molecule has 1 aliphatic heterocycles. The molecule has 2 heterocycles. The van der Waals surface area contributed by atoms with Crippen LogP contribution < -0.4 is 16.4 Å². The van der Waals surface area contributed by atoms with Crippen LogP contribution in [0, 0.1) is 0 Å². The topological polar surface area (TPSA) is 80.0 Å². The van der Waals surface area contributed by atoms with E-state index in [1.54, 1.807) is 18.3 Å². The SMILES string of the molecule is CC(N)C(=O)Nc1ncc(C2CCNCC2)s1. The molecule has 1 aromatic heterocycles. The van der Waals surface area contributed by atoms with E-state index in [4.69, 9.17) is 5.73 Å². The van der Waals surface area contributed by atoms with Gasteiger partial charge in [0.05, 0.1) is 6.04 Å².